The van der Waals surface area contributed by atoms with Crippen LogP contribution in [0.2, 0.25) is 0 Å². The first-order valence-electron chi connectivity index (χ1n) is 15.7. The van der Waals surface area contributed by atoms with E-state index in [9.17, 15) is 22.8 Å². The minimum atomic E-state index is -4.62. The average molecular weight is 628 g/mol. The van der Waals surface area contributed by atoms with Gasteiger partial charge >= 0.3 is 6.18 Å². The van der Waals surface area contributed by atoms with E-state index >= 15 is 0 Å². The van der Waals surface area contributed by atoms with Crippen LogP contribution in [0, 0.1) is 0 Å². The summed E-state index contributed by atoms with van der Waals surface area (Å²) < 4.78 is 48.2. The standard InChI is InChI=1S/C37H36F3N3O3/c1-2-3-12-25-13-11-19-29-28-16-7-8-17-30(28)34(33(25)29)36(45)43(24-37(38,39)40)42-22-21-26(23-42)41-35(44)31-18-9-10-20-32(31)46-27-14-5-4-6-15-27/h4-11,13-20,26,34H,2-3,12,21-24H2,1H3,(H,41,44). The van der Waals surface area contributed by atoms with Crippen molar-refractivity contribution in [3.8, 4) is 22.6 Å². The molecule has 1 heterocycles. The zero-order valence-corrected chi connectivity index (χ0v) is 25.6. The number of alkyl halides is 3. The number of carbonyl (C=O) groups is 2. The van der Waals surface area contributed by atoms with Gasteiger partial charge in [-0.2, -0.15) is 13.2 Å². The number of fused-ring (bicyclic) bond motifs is 3. The molecule has 9 heteroatoms. The van der Waals surface area contributed by atoms with E-state index in [1.54, 1.807) is 36.4 Å². The van der Waals surface area contributed by atoms with Gasteiger partial charge in [-0.1, -0.05) is 86.1 Å². The van der Waals surface area contributed by atoms with Gasteiger partial charge < -0.3 is 10.1 Å². The minimum absolute atomic E-state index is 0.0635. The second-order valence-corrected chi connectivity index (χ2v) is 11.8. The molecule has 0 spiro atoms. The number of nitrogens with zero attached hydrogens (tertiary/aromatic N) is 2. The summed E-state index contributed by atoms with van der Waals surface area (Å²) in [5.41, 5.74) is 4.60. The van der Waals surface area contributed by atoms with Crippen LogP contribution in [0.3, 0.4) is 0 Å². The van der Waals surface area contributed by atoms with Crippen molar-refractivity contribution in [3.63, 3.8) is 0 Å². The van der Waals surface area contributed by atoms with Crippen molar-refractivity contribution < 1.29 is 27.5 Å². The number of benzene rings is 4. The monoisotopic (exact) mass is 627 g/mol. The normalized spacial score (nSPS) is 17.3. The Bertz CT molecular complexity index is 1710. The average Bonchev–Trinajstić information content (AvgIpc) is 3.65. The molecule has 1 saturated heterocycles. The molecular formula is C37H36F3N3O3. The number of para-hydroxylation sites is 2. The number of amides is 2. The molecule has 6 nitrogen and oxygen atoms in total. The molecule has 4 aromatic carbocycles. The van der Waals surface area contributed by atoms with Gasteiger partial charge in [0, 0.05) is 19.1 Å². The van der Waals surface area contributed by atoms with E-state index in [-0.39, 0.29) is 13.1 Å². The Hall–Kier alpha value is -4.63. The molecule has 0 radical (unpaired) electrons. The summed E-state index contributed by atoms with van der Waals surface area (Å²) in [4.78, 5) is 27.8. The van der Waals surface area contributed by atoms with Gasteiger partial charge in [-0.25, -0.2) is 5.01 Å². The van der Waals surface area contributed by atoms with E-state index in [1.165, 1.54) is 5.01 Å². The number of halogens is 3. The Morgan fingerprint density at radius 3 is 2.41 bits per heavy atom. The first-order chi connectivity index (χ1) is 22.2. The number of unbranched alkanes of at least 4 members (excludes halogenated alkanes) is 1. The summed E-state index contributed by atoms with van der Waals surface area (Å²) in [6, 6.07) is 28.8. The fourth-order valence-corrected chi connectivity index (χ4v) is 6.52. The molecule has 4 aromatic rings. The zero-order valence-electron chi connectivity index (χ0n) is 25.6. The SMILES string of the molecule is CCCCc1cccc2c1C(C(=O)N(CC(F)(F)F)N1CCC(NC(=O)c3ccccc3Oc3ccccc3)C1)c1ccccc1-2. The number of aryl methyl sites for hydroxylation is 1. The molecule has 46 heavy (non-hydrogen) atoms. The fourth-order valence-electron chi connectivity index (χ4n) is 6.52. The van der Waals surface area contributed by atoms with Crippen LogP contribution in [0.4, 0.5) is 13.2 Å². The van der Waals surface area contributed by atoms with E-state index in [4.69, 9.17) is 4.74 Å². The molecule has 1 aliphatic heterocycles. The van der Waals surface area contributed by atoms with E-state index in [1.807, 2.05) is 60.7 Å². The lowest BCUT2D eigenvalue weighted by atomic mass is 9.90. The Labute approximate surface area is 266 Å². The summed E-state index contributed by atoms with van der Waals surface area (Å²) in [5.74, 6) is -0.916. The van der Waals surface area contributed by atoms with Crippen LogP contribution in [0.25, 0.3) is 11.1 Å². The van der Waals surface area contributed by atoms with Crippen molar-refractivity contribution in [1.29, 1.82) is 0 Å². The van der Waals surface area contributed by atoms with Crippen LogP contribution in [-0.4, -0.2) is 53.7 Å². The molecule has 6 rings (SSSR count). The fraction of sp³-hybridized carbons (Fsp3) is 0.297. The molecule has 2 aliphatic rings. The van der Waals surface area contributed by atoms with Crippen LogP contribution in [-0.2, 0) is 11.2 Å². The molecule has 0 saturated carbocycles. The third-order valence-electron chi connectivity index (χ3n) is 8.62. The number of ether oxygens (including phenoxy) is 1. The minimum Gasteiger partial charge on any atom is -0.457 e. The molecule has 2 atom stereocenters. The van der Waals surface area contributed by atoms with Gasteiger partial charge in [0.2, 0.25) is 5.91 Å². The number of rotatable bonds is 10. The summed E-state index contributed by atoms with van der Waals surface area (Å²) >= 11 is 0. The van der Waals surface area contributed by atoms with Crippen molar-refractivity contribution in [3.05, 3.63) is 119 Å². The zero-order chi connectivity index (χ0) is 32.3. The van der Waals surface area contributed by atoms with Crippen molar-refractivity contribution >= 4 is 11.8 Å². The maximum atomic E-state index is 14.4. The van der Waals surface area contributed by atoms with Crippen LogP contribution in [0.5, 0.6) is 11.5 Å². The van der Waals surface area contributed by atoms with Crippen molar-refractivity contribution in [2.24, 2.45) is 0 Å². The number of hydrogen-bond donors (Lipinski definition) is 1. The topological polar surface area (TPSA) is 61.9 Å². The summed E-state index contributed by atoms with van der Waals surface area (Å²) in [6.45, 7) is 0.927. The highest BCUT2D eigenvalue weighted by Crippen LogP contribution is 2.48. The number of hydrogen-bond acceptors (Lipinski definition) is 4. The third kappa shape index (κ3) is 6.65. The second-order valence-electron chi connectivity index (χ2n) is 11.8. The predicted octanol–water partition coefficient (Wildman–Crippen LogP) is 7.74. The van der Waals surface area contributed by atoms with Crippen LogP contribution in [0.1, 0.15) is 59.2 Å². The van der Waals surface area contributed by atoms with Crippen LogP contribution >= 0.6 is 0 Å². The van der Waals surface area contributed by atoms with Gasteiger partial charge in [0.15, 0.2) is 0 Å². The third-order valence-corrected chi connectivity index (χ3v) is 8.62. The van der Waals surface area contributed by atoms with Crippen LogP contribution in [0.15, 0.2) is 97.1 Å². The summed E-state index contributed by atoms with van der Waals surface area (Å²) in [5, 5.41) is 5.27. The molecule has 0 bridgehead atoms. The number of nitrogens with one attached hydrogen (secondary N) is 1. The molecule has 1 fully saturated rings. The Balaban J connectivity index is 1.24. The lowest BCUT2D eigenvalue weighted by molar-refractivity contribution is -0.189. The molecule has 2 unspecified atom stereocenters. The van der Waals surface area contributed by atoms with Crippen molar-refractivity contribution in [2.45, 2.75) is 50.7 Å². The smallest absolute Gasteiger partial charge is 0.407 e. The van der Waals surface area contributed by atoms with Crippen molar-refractivity contribution in [2.75, 3.05) is 19.6 Å². The van der Waals surface area contributed by atoms with Gasteiger partial charge in [0.1, 0.15) is 18.0 Å². The first-order valence-corrected chi connectivity index (χ1v) is 15.7. The van der Waals surface area contributed by atoms with Gasteiger partial charge in [-0.05, 0) is 71.3 Å². The molecule has 238 valence electrons. The Morgan fingerprint density at radius 1 is 0.913 bits per heavy atom. The Kier molecular flexibility index (Phi) is 9.12. The highest BCUT2D eigenvalue weighted by Gasteiger charge is 2.44. The van der Waals surface area contributed by atoms with Gasteiger partial charge in [0.05, 0.1) is 11.5 Å². The maximum absolute atomic E-state index is 14.4. The second kappa shape index (κ2) is 13.4. The summed E-state index contributed by atoms with van der Waals surface area (Å²) in [7, 11) is 0. The Morgan fingerprint density at radius 2 is 1.63 bits per heavy atom. The lowest BCUT2D eigenvalue weighted by Crippen LogP contribution is -2.52. The summed E-state index contributed by atoms with van der Waals surface area (Å²) in [6.07, 6.45) is -1.63. The largest absolute Gasteiger partial charge is 0.457 e. The van der Waals surface area contributed by atoms with E-state index < -0.39 is 36.5 Å². The lowest BCUT2D eigenvalue weighted by Gasteiger charge is -2.35. The number of hydrazine groups is 1. The molecule has 0 aromatic heterocycles. The maximum Gasteiger partial charge on any atom is 0.407 e. The highest BCUT2D eigenvalue weighted by molar-refractivity contribution is 5.98. The van der Waals surface area contributed by atoms with Gasteiger partial charge in [0.25, 0.3) is 5.91 Å². The molecule has 2 amide bonds. The van der Waals surface area contributed by atoms with E-state index in [0.717, 1.165) is 52.1 Å². The molecule has 1 N–H and O–H groups in total. The molecule has 1 aliphatic carbocycles. The van der Waals surface area contributed by atoms with E-state index in [2.05, 4.69) is 12.2 Å². The first kappa shape index (κ1) is 31.4. The van der Waals surface area contributed by atoms with E-state index in [0.29, 0.717) is 23.5 Å². The molecular weight excluding hydrogens is 591 g/mol. The quantitative estimate of drug-likeness (QED) is 0.195. The predicted molar refractivity (Wildman–Crippen MR) is 171 cm³/mol. The van der Waals surface area contributed by atoms with Crippen LogP contribution < -0.4 is 10.1 Å². The van der Waals surface area contributed by atoms with Crippen molar-refractivity contribution in [1.82, 2.24) is 15.3 Å². The van der Waals surface area contributed by atoms with Gasteiger partial charge in [-0.15, -0.1) is 0 Å². The highest BCUT2D eigenvalue weighted by atomic mass is 19.4. The number of carbonyl (C=O) groups excluding carboxylic acids is 2. The van der Waals surface area contributed by atoms with Gasteiger partial charge in [-0.3, -0.25) is 14.6 Å².